The minimum atomic E-state index is -2.83. The van der Waals surface area contributed by atoms with Crippen molar-refractivity contribution < 1.29 is 34.8 Å². The quantitative estimate of drug-likeness (QED) is 0.276. The van der Waals surface area contributed by atoms with Crippen LogP contribution in [0.25, 0.3) is 0 Å². The molecule has 0 aromatic rings. The van der Waals surface area contributed by atoms with Gasteiger partial charge in [-0.15, -0.1) is 0 Å². The average molecular weight is 389 g/mol. The highest BCUT2D eigenvalue weighted by Crippen LogP contribution is 2.44. The first kappa shape index (κ1) is 25.4. The molecule has 0 aliphatic rings. The molecule has 4 N–H and O–H groups in total. The Kier molecular flexibility index (Phi) is 11.9. The maximum absolute atomic E-state index is 12.1. The van der Waals surface area contributed by atoms with E-state index in [1.54, 1.807) is 0 Å². The molecule has 7 heteroatoms. The van der Waals surface area contributed by atoms with Crippen LogP contribution in [-0.4, -0.2) is 43.9 Å². The summed E-state index contributed by atoms with van der Waals surface area (Å²) in [6.45, 7) is 4.05. The number of aliphatic hydroxyl groups is 1. The van der Waals surface area contributed by atoms with Crippen LogP contribution in [-0.2, 0) is 14.4 Å². The molecule has 0 rings (SSSR count). The van der Waals surface area contributed by atoms with Gasteiger partial charge in [0, 0.05) is 0 Å². The lowest BCUT2D eigenvalue weighted by molar-refractivity contribution is -0.196. The second-order valence-electron chi connectivity index (χ2n) is 7.45. The van der Waals surface area contributed by atoms with E-state index in [0.29, 0.717) is 19.3 Å². The van der Waals surface area contributed by atoms with Gasteiger partial charge in [0.2, 0.25) is 0 Å². The molecule has 0 saturated carbocycles. The molecule has 0 aliphatic carbocycles. The third kappa shape index (κ3) is 7.48. The number of carbonyl (C=O) groups is 3. The van der Waals surface area contributed by atoms with Crippen LogP contribution in [0.2, 0.25) is 0 Å². The summed E-state index contributed by atoms with van der Waals surface area (Å²) in [7, 11) is 0. The molecule has 0 aromatic carbocycles. The normalized spacial score (nSPS) is 15.7. The first-order valence-electron chi connectivity index (χ1n) is 10.1. The second kappa shape index (κ2) is 12.7. The largest absolute Gasteiger partial charge is 0.481 e. The minimum Gasteiger partial charge on any atom is -0.481 e. The van der Waals surface area contributed by atoms with Gasteiger partial charge in [-0.1, -0.05) is 78.1 Å². The molecule has 0 heterocycles. The highest BCUT2D eigenvalue weighted by atomic mass is 16.4. The predicted molar refractivity (Wildman–Crippen MR) is 102 cm³/mol. The van der Waals surface area contributed by atoms with E-state index in [1.807, 2.05) is 6.92 Å². The van der Waals surface area contributed by atoms with Crippen molar-refractivity contribution >= 4 is 17.9 Å². The summed E-state index contributed by atoms with van der Waals surface area (Å²) in [5.74, 6) is -4.75. The van der Waals surface area contributed by atoms with E-state index in [-0.39, 0.29) is 12.8 Å². The number of hydrogen-bond donors (Lipinski definition) is 4. The van der Waals surface area contributed by atoms with Crippen molar-refractivity contribution in [3.05, 3.63) is 0 Å². The Morgan fingerprint density at radius 2 is 1.07 bits per heavy atom. The molecule has 0 radical (unpaired) electrons. The molecule has 158 valence electrons. The van der Waals surface area contributed by atoms with Crippen molar-refractivity contribution in [2.24, 2.45) is 5.41 Å². The number of unbranched alkanes of at least 4 members (excludes halogenated alkanes) is 8. The van der Waals surface area contributed by atoms with Crippen LogP contribution in [0, 0.1) is 5.41 Å². The zero-order valence-electron chi connectivity index (χ0n) is 16.7. The summed E-state index contributed by atoms with van der Waals surface area (Å²) in [5.41, 5.74) is -4.84. The van der Waals surface area contributed by atoms with Gasteiger partial charge >= 0.3 is 17.9 Å². The van der Waals surface area contributed by atoms with Gasteiger partial charge in [0.1, 0.15) is 5.41 Å². The molecule has 27 heavy (non-hydrogen) atoms. The molecule has 0 bridgehead atoms. The molecule has 0 amide bonds. The molecular formula is C20H36O7. The first-order chi connectivity index (χ1) is 12.7. The molecule has 7 nitrogen and oxygen atoms in total. The van der Waals surface area contributed by atoms with Crippen LogP contribution in [0.15, 0.2) is 0 Å². The van der Waals surface area contributed by atoms with E-state index >= 15 is 0 Å². The van der Waals surface area contributed by atoms with Crippen LogP contribution in [0.5, 0.6) is 0 Å². The molecular weight excluding hydrogens is 352 g/mol. The van der Waals surface area contributed by atoms with Crippen LogP contribution >= 0.6 is 0 Å². The number of aliphatic carboxylic acids is 3. The van der Waals surface area contributed by atoms with Crippen molar-refractivity contribution in [3.8, 4) is 0 Å². The van der Waals surface area contributed by atoms with Crippen molar-refractivity contribution in [1.29, 1.82) is 0 Å². The smallest absolute Gasteiger partial charge is 0.337 e. The number of carboxylic acids is 3. The topological polar surface area (TPSA) is 132 Å². The number of rotatable bonds is 17. The summed E-state index contributed by atoms with van der Waals surface area (Å²) >= 11 is 0. The van der Waals surface area contributed by atoms with E-state index in [0.717, 1.165) is 44.9 Å². The van der Waals surface area contributed by atoms with E-state index in [4.69, 9.17) is 5.11 Å². The van der Waals surface area contributed by atoms with E-state index in [1.165, 1.54) is 0 Å². The standard InChI is InChI=1S/C20H36O7/c1-3-5-7-8-9-10-12-14-19(17(23)24,13-11-6-4-2)20(27,18(25)26)15-16(21)22/h27H,3-15H2,1-2H3,(H,21,22)(H,23,24)(H,25,26). The number of hydrogen-bond acceptors (Lipinski definition) is 4. The van der Waals surface area contributed by atoms with Crippen molar-refractivity contribution in [3.63, 3.8) is 0 Å². The summed E-state index contributed by atoms with van der Waals surface area (Å²) < 4.78 is 0. The summed E-state index contributed by atoms with van der Waals surface area (Å²) in [5, 5.41) is 39.3. The molecule has 2 atom stereocenters. The SMILES string of the molecule is CCCCCCCCCC(CCCCC)(C(=O)O)C(O)(CC(=O)O)C(=O)O. The highest BCUT2D eigenvalue weighted by Gasteiger charge is 2.61. The van der Waals surface area contributed by atoms with Crippen molar-refractivity contribution in [2.45, 2.75) is 103 Å². The summed E-state index contributed by atoms with van der Waals surface area (Å²) in [6, 6.07) is 0. The summed E-state index contributed by atoms with van der Waals surface area (Å²) in [4.78, 5) is 35.1. The fraction of sp³-hybridized carbons (Fsp3) is 0.850. The van der Waals surface area contributed by atoms with Crippen molar-refractivity contribution in [2.75, 3.05) is 0 Å². The Morgan fingerprint density at radius 3 is 1.48 bits per heavy atom. The molecule has 2 unspecified atom stereocenters. The zero-order chi connectivity index (χ0) is 20.9. The molecule has 0 saturated heterocycles. The van der Waals surface area contributed by atoms with Gasteiger partial charge in [0.25, 0.3) is 0 Å². The monoisotopic (exact) mass is 388 g/mol. The number of carboxylic acid groups (broad SMARTS) is 3. The molecule has 0 fully saturated rings. The Balaban J connectivity index is 5.40. The van der Waals surface area contributed by atoms with Gasteiger partial charge in [0.05, 0.1) is 6.42 Å². The lowest BCUT2D eigenvalue weighted by atomic mass is 9.64. The van der Waals surface area contributed by atoms with Crippen LogP contribution in [0.4, 0.5) is 0 Å². The van der Waals surface area contributed by atoms with E-state index in [9.17, 15) is 29.7 Å². The molecule has 0 aromatic heterocycles. The maximum Gasteiger partial charge on any atom is 0.337 e. The van der Waals surface area contributed by atoms with Crippen LogP contribution in [0.1, 0.15) is 97.3 Å². The zero-order valence-corrected chi connectivity index (χ0v) is 16.7. The Bertz CT molecular complexity index is 477. The Hall–Kier alpha value is -1.63. The second-order valence-corrected chi connectivity index (χ2v) is 7.45. The van der Waals surface area contributed by atoms with Gasteiger partial charge in [-0.2, -0.15) is 0 Å². The Labute approximate surface area is 161 Å². The van der Waals surface area contributed by atoms with Crippen LogP contribution < -0.4 is 0 Å². The van der Waals surface area contributed by atoms with Gasteiger partial charge in [-0.3, -0.25) is 9.59 Å². The van der Waals surface area contributed by atoms with E-state index < -0.39 is 35.3 Å². The first-order valence-corrected chi connectivity index (χ1v) is 10.1. The predicted octanol–water partition coefficient (Wildman–Crippen LogP) is 4.07. The molecule has 0 aliphatic heterocycles. The fourth-order valence-corrected chi connectivity index (χ4v) is 3.66. The summed E-state index contributed by atoms with van der Waals surface area (Å²) in [6.07, 6.45) is 7.19. The minimum absolute atomic E-state index is 0.0457. The van der Waals surface area contributed by atoms with Crippen molar-refractivity contribution in [1.82, 2.24) is 0 Å². The van der Waals surface area contributed by atoms with Gasteiger partial charge < -0.3 is 20.4 Å². The third-order valence-corrected chi connectivity index (χ3v) is 5.38. The average Bonchev–Trinajstić information content (AvgIpc) is 2.58. The van der Waals surface area contributed by atoms with Gasteiger partial charge in [0.15, 0.2) is 5.60 Å². The maximum atomic E-state index is 12.1. The highest BCUT2D eigenvalue weighted by molar-refractivity contribution is 5.92. The fourth-order valence-electron chi connectivity index (χ4n) is 3.66. The van der Waals surface area contributed by atoms with Crippen LogP contribution in [0.3, 0.4) is 0 Å². The lowest BCUT2D eigenvalue weighted by Crippen LogP contribution is -2.59. The van der Waals surface area contributed by atoms with Gasteiger partial charge in [-0.05, 0) is 12.8 Å². The van der Waals surface area contributed by atoms with E-state index in [2.05, 4.69) is 6.92 Å². The van der Waals surface area contributed by atoms with Gasteiger partial charge in [-0.25, -0.2) is 4.79 Å². The third-order valence-electron chi connectivity index (χ3n) is 5.38. The lowest BCUT2D eigenvalue weighted by Gasteiger charge is -2.41. The molecule has 0 spiro atoms. The Morgan fingerprint density at radius 1 is 0.667 bits per heavy atom.